The molecule has 34 heavy (non-hydrogen) atoms. The van der Waals surface area contributed by atoms with E-state index < -0.39 is 5.97 Å². The summed E-state index contributed by atoms with van der Waals surface area (Å²) in [5.74, 6) is -0.569. The number of esters is 1. The zero-order chi connectivity index (χ0) is 24.2. The molecule has 0 aliphatic carbocycles. The van der Waals surface area contributed by atoms with Gasteiger partial charge in [0.15, 0.2) is 0 Å². The van der Waals surface area contributed by atoms with Crippen molar-refractivity contribution in [1.29, 1.82) is 0 Å². The number of amides is 1. The molecule has 0 saturated carbocycles. The van der Waals surface area contributed by atoms with Crippen LogP contribution in [-0.4, -0.2) is 56.1 Å². The molecule has 0 radical (unpaired) electrons. The van der Waals surface area contributed by atoms with E-state index in [0.717, 1.165) is 35.6 Å². The highest BCUT2D eigenvalue weighted by atomic mass is 32.1. The van der Waals surface area contributed by atoms with Gasteiger partial charge in [0.05, 0.1) is 13.7 Å². The molecule has 1 aromatic heterocycles. The fourth-order valence-corrected chi connectivity index (χ4v) is 5.63. The fraction of sp³-hybridized carbons (Fsp3) is 0.333. The Labute approximate surface area is 205 Å². The van der Waals surface area contributed by atoms with E-state index in [-0.39, 0.29) is 12.5 Å². The molecule has 0 spiro atoms. The van der Waals surface area contributed by atoms with Gasteiger partial charge in [-0.15, -0.1) is 11.3 Å². The van der Waals surface area contributed by atoms with Gasteiger partial charge in [-0.25, -0.2) is 4.79 Å². The Morgan fingerprint density at radius 2 is 1.76 bits per heavy atom. The predicted molar refractivity (Wildman–Crippen MR) is 139 cm³/mol. The van der Waals surface area contributed by atoms with E-state index >= 15 is 0 Å². The van der Waals surface area contributed by atoms with Crippen LogP contribution in [0, 0.1) is 13.8 Å². The number of methoxy groups -OCH3 is 1. The largest absolute Gasteiger partial charge is 0.465 e. The van der Waals surface area contributed by atoms with Crippen LogP contribution in [0.1, 0.15) is 27.7 Å². The molecule has 1 unspecified atom stereocenters. The molecule has 178 valence electrons. The average Bonchev–Trinajstić information content (AvgIpc) is 3.15. The monoisotopic (exact) mass is 477 g/mol. The quantitative estimate of drug-likeness (QED) is 0.508. The van der Waals surface area contributed by atoms with Crippen molar-refractivity contribution in [2.75, 3.05) is 43.5 Å². The lowest BCUT2D eigenvalue weighted by molar-refractivity contribution is -0.117. The number of ether oxygens (including phenoxy) is 1. The number of carbonyl (C=O) groups excluding carboxylic acids is 2. The first-order valence-electron chi connectivity index (χ1n) is 11.5. The third-order valence-electron chi connectivity index (χ3n) is 6.23. The first kappa shape index (κ1) is 24.0. The summed E-state index contributed by atoms with van der Waals surface area (Å²) in [6.45, 7) is 8.98. The van der Waals surface area contributed by atoms with Crippen LogP contribution in [-0.2, 0) is 9.53 Å². The Hall–Kier alpha value is -3.16. The maximum atomic E-state index is 13.0. The highest BCUT2D eigenvalue weighted by Crippen LogP contribution is 2.40. The van der Waals surface area contributed by atoms with Gasteiger partial charge in [-0.2, -0.15) is 0 Å². The summed E-state index contributed by atoms with van der Waals surface area (Å²) < 4.78 is 5.06. The van der Waals surface area contributed by atoms with Gasteiger partial charge in [-0.05, 0) is 38.5 Å². The van der Waals surface area contributed by atoms with Gasteiger partial charge in [0, 0.05) is 41.8 Å². The van der Waals surface area contributed by atoms with Crippen molar-refractivity contribution in [1.82, 2.24) is 4.90 Å². The zero-order valence-electron chi connectivity index (χ0n) is 20.1. The number of piperazine rings is 1. The highest BCUT2D eigenvalue weighted by Gasteiger charge is 2.28. The topological polar surface area (TPSA) is 61.9 Å². The number of carbonyl (C=O) groups is 2. The molecular weight excluding hydrogens is 446 g/mol. The van der Waals surface area contributed by atoms with Crippen LogP contribution in [0.4, 0.5) is 10.7 Å². The summed E-state index contributed by atoms with van der Waals surface area (Å²) in [5, 5.41) is 3.53. The molecule has 3 aromatic rings. The number of anilines is 2. The van der Waals surface area contributed by atoms with E-state index in [0.29, 0.717) is 16.6 Å². The molecule has 1 aliphatic heterocycles. The van der Waals surface area contributed by atoms with Crippen LogP contribution in [0.5, 0.6) is 0 Å². The number of hydrogen-bond acceptors (Lipinski definition) is 6. The number of nitrogens with zero attached hydrogens (tertiary/aromatic N) is 2. The van der Waals surface area contributed by atoms with Crippen LogP contribution in [0.25, 0.3) is 11.1 Å². The van der Waals surface area contributed by atoms with E-state index in [2.05, 4.69) is 53.2 Å². The van der Waals surface area contributed by atoms with Crippen molar-refractivity contribution in [3.63, 3.8) is 0 Å². The van der Waals surface area contributed by atoms with E-state index in [1.54, 1.807) is 0 Å². The van der Waals surface area contributed by atoms with Crippen molar-refractivity contribution in [2.45, 2.75) is 26.8 Å². The summed E-state index contributed by atoms with van der Waals surface area (Å²) in [4.78, 5) is 31.2. The number of rotatable bonds is 6. The fourth-order valence-electron chi connectivity index (χ4n) is 4.55. The van der Waals surface area contributed by atoms with Crippen molar-refractivity contribution >= 4 is 33.9 Å². The summed E-state index contributed by atoms with van der Waals surface area (Å²) in [6, 6.07) is 18.6. The first-order chi connectivity index (χ1) is 16.4. The van der Waals surface area contributed by atoms with Gasteiger partial charge in [0.1, 0.15) is 10.6 Å². The zero-order valence-corrected chi connectivity index (χ0v) is 20.9. The molecule has 7 heteroatoms. The van der Waals surface area contributed by atoms with Gasteiger partial charge in [-0.1, -0.05) is 48.0 Å². The Morgan fingerprint density at radius 3 is 2.41 bits per heavy atom. The molecular formula is C27H31N3O3S. The Balaban J connectivity index is 1.45. The van der Waals surface area contributed by atoms with Crippen molar-refractivity contribution in [3.05, 3.63) is 70.6 Å². The number of nitrogens with one attached hydrogen (secondary N) is 1. The minimum Gasteiger partial charge on any atom is -0.465 e. The van der Waals surface area contributed by atoms with Crippen molar-refractivity contribution in [2.24, 2.45) is 0 Å². The van der Waals surface area contributed by atoms with Crippen molar-refractivity contribution < 1.29 is 14.3 Å². The Kier molecular flexibility index (Phi) is 7.34. The SMILES string of the molecule is COC(=O)c1c(NC(=O)CN2CCN(c3ccc(C)cc3)C(C)C2)sc(C)c1-c1ccccc1. The van der Waals surface area contributed by atoms with Gasteiger partial charge >= 0.3 is 5.97 Å². The molecule has 1 amide bonds. The highest BCUT2D eigenvalue weighted by molar-refractivity contribution is 7.17. The van der Waals surface area contributed by atoms with Gasteiger partial charge in [0.2, 0.25) is 5.91 Å². The number of hydrogen-bond donors (Lipinski definition) is 1. The molecule has 1 N–H and O–H groups in total. The van der Waals surface area contributed by atoms with E-state index in [1.807, 2.05) is 37.3 Å². The first-order valence-corrected chi connectivity index (χ1v) is 12.3. The van der Waals surface area contributed by atoms with E-state index in [1.165, 1.54) is 29.7 Å². The van der Waals surface area contributed by atoms with Crippen molar-refractivity contribution in [3.8, 4) is 11.1 Å². The second-order valence-electron chi connectivity index (χ2n) is 8.76. The average molecular weight is 478 g/mol. The summed E-state index contributed by atoms with van der Waals surface area (Å²) >= 11 is 1.41. The van der Waals surface area contributed by atoms with Crippen LogP contribution < -0.4 is 10.2 Å². The van der Waals surface area contributed by atoms with Gasteiger partial charge < -0.3 is 15.0 Å². The predicted octanol–water partition coefficient (Wildman–Crippen LogP) is 4.97. The summed E-state index contributed by atoms with van der Waals surface area (Å²) in [5.41, 5.74) is 4.62. The third-order valence-corrected chi connectivity index (χ3v) is 7.25. The number of thiophene rings is 1. The number of benzene rings is 2. The minimum absolute atomic E-state index is 0.123. The van der Waals surface area contributed by atoms with E-state index in [4.69, 9.17) is 4.74 Å². The molecule has 1 aliphatic rings. The third kappa shape index (κ3) is 5.16. The van der Waals surface area contributed by atoms with Crippen LogP contribution in [0.3, 0.4) is 0 Å². The number of aryl methyl sites for hydroxylation is 2. The molecule has 4 rings (SSSR count). The Bertz CT molecular complexity index is 1160. The second-order valence-corrected chi connectivity index (χ2v) is 9.98. The molecule has 0 bridgehead atoms. The van der Waals surface area contributed by atoms with E-state index in [9.17, 15) is 9.59 Å². The standard InChI is InChI=1S/C27H31N3O3S/c1-18-10-12-22(13-11-18)30-15-14-29(16-19(30)2)17-23(31)28-26-25(27(32)33-4)24(20(3)34-26)21-8-6-5-7-9-21/h5-13,19H,14-17H2,1-4H3,(H,28,31). The molecule has 1 fully saturated rings. The summed E-state index contributed by atoms with van der Waals surface area (Å²) in [7, 11) is 1.37. The molecule has 6 nitrogen and oxygen atoms in total. The normalized spacial score (nSPS) is 16.4. The lowest BCUT2D eigenvalue weighted by Crippen LogP contribution is -2.53. The van der Waals surface area contributed by atoms with Gasteiger partial charge in [0.25, 0.3) is 0 Å². The van der Waals surface area contributed by atoms with Crippen LogP contribution in [0.15, 0.2) is 54.6 Å². The molecule has 2 aromatic carbocycles. The maximum Gasteiger partial charge on any atom is 0.341 e. The van der Waals surface area contributed by atoms with Gasteiger partial charge in [-0.3, -0.25) is 9.69 Å². The smallest absolute Gasteiger partial charge is 0.341 e. The minimum atomic E-state index is -0.446. The maximum absolute atomic E-state index is 13.0. The van der Waals surface area contributed by atoms with Crippen LogP contribution >= 0.6 is 11.3 Å². The summed E-state index contributed by atoms with van der Waals surface area (Å²) in [6.07, 6.45) is 0. The lowest BCUT2D eigenvalue weighted by Gasteiger charge is -2.41. The Morgan fingerprint density at radius 1 is 1.06 bits per heavy atom. The molecule has 1 atom stereocenters. The second kappa shape index (κ2) is 10.4. The molecule has 2 heterocycles. The lowest BCUT2D eigenvalue weighted by atomic mass is 10.0. The van der Waals surface area contributed by atoms with Crippen LogP contribution in [0.2, 0.25) is 0 Å². The molecule has 1 saturated heterocycles.